The highest BCUT2D eigenvalue weighted by Gasteiger charge is 2.07. The first kappa shape index (κ1) is 15.1. The summed E-state index contributed by atoms with van der Waals surface area (Å²) >= 11 is 4.81. The summed E-state index contributed by atoms with van der Waals surface area (Å²) in [7, 11) is 1.67. The van der Waals surface area contributed by atoms with Gasteiger partial charge in [0.15, 0.2) is 10.9 Å². The Bertz CT molecular complexity index is 648. The molecule has 1 N–H and O–H groups in total. The largest absolute Gasteiger partial charge is 0.343 e. The van der Waals surface area contributed by atoms with E-state index < -0.39 is 0 Å². The highest BCUT2D eigenvalue weighted by Crippen LogP contribution is 2.16. The zero-order chi connectivity index (χ0) is 14.5. The Morgan fingerprint density at radius 3 is 2.70 bits per heavy atom. The summed E-state index contributed by atoms with van der Waals surface area (Å²) in [5.41, 5.74) is 0.504. The molecule has 0 saturated heterocycles. The number of rotatable bonds is 6. The van der Waals surface area contributed by atoms with Crippen LogP contribution < -0.4 is 5.69 Å². The molecule has 5 nitrogen and oxygen atoms in total. The summed E-state index contributed by atoms with van der Waals surface area (Å²) in [4.78, 5) is 23.1. The standard InChI is InChI=1S/C13H14BrN3O2S/c1-17-12(19)15-16-13(17)20-8-2-3-11(18)9-4-6-10(14)7-5-9/h4-7H,2-3,8H2,1H3,(H,15,19). The molecule has 0 aliphatic carbocycles. The molecule has 0 fully saturated rings. The fourth-order valence-electron chi connectivity index (χ4n) is 1.64. The molecule has 20 heavy (non-hydrogen) atoms. The van der Waals surface area contributed by atoms with Crippen molar-refractivity contribution in [3.63, 3.8) is 0 Å². The number of halogens is 1. The van der Waals surface area contributed by atoms with Crippen LogP contribution in [0.25, 0.3) is 0 Å². The number of hydrogen-bond acceptors (Lipinski definition) is 4. The molecule has 2 aromatic rings. The first-order valence-electron chi connectivity index (χ1n) is 6.11. The molecule has 0 bridgehead atoms. The monoisotopic (exact) mass is 355 g/mol. The third-order valence-corrected chi connectivity index (χ3v) is 4.43. The van der Waals surface area contributed by atoms with Crippen LogP contribution in [0, 0.1) is 0 Å². The summed E-state index contributed by atoms with van der Waals surface area (Å²) in [6.07, 6.45) is 1.24. The molecule has 0 aliphatic rings. The maximum Gasteiger partial charge on any atom is 0.343 e. The lowest BCUT2D eigenvalue weighted by Gasteiger charge is -2.02. The van der Waals surface area contributed by atoms with Crippen molar-refractivity contribution in [2.75, 3.05) is 5.75 Å². The molecule has 2 rings (SSSR count). The zero-order valence-electron chi connectivity index (χ0n) is 10.9. The van der Waals surface area contributed by atoms with Crippen LogP contribution in [0.1, 0.15) is 23.2 Å². The van der Waals surface area contributed by atoms with Gasteiger partial charge >= 0.3 is 5.69 Å². The van der Waals surface area contributed by atoms with Gasteiger partial charge in [0.25, 0.3) is 0 Å². The molecule has 1 heterocycles. The predicted molar refractivity (Wildman–Crippen MR) is 82.3 cm³/mol. The SMILES string of the molecule is Cn1c(SCCCC(=O)c2ccc(Br)cc2)n[nH]c1=O. The topological polar surface area (TPSA) is 67.8 Å². The fraction of sp³-hybridized carbons (Fsp3) is 0.308. The normalized spacial score (nSPS) is 10.7. The predicted octanol–water partition coefficient (Wildman–Crippen LogP) is 2.63. The third-order valence-electron chi connectivity index (χ3n) is 2.78. The first-order valence-corrected chi connectivity index (χ1v) is 7.89. The molecule has 0 amide bonds. The maximum atomic E-state index is 11.9. The third kappa shape index (κ3) is 3.83. The van der Waals surface area contributed by atoms with E-state index in [9.17, 15) is 9.59 Å². The summed E-state index contributed by atoms with van der Waals surface area (Å²) in [6.45, 7) is 0. The van der Waals surface area contributed by atoms with E-state index in [0.29, 0.717) is 11.6 Å². The summed E-state index contributed by atoms with van der Waals surface area (Å²) in [6, 6.07) is 7.36. The molecular weight excluding hydrogens is 342 g/mol. The summed E-state index contributed by atoms with van der Waals surface area (Å²) < 4.78 is 2.42. The Morgan fingerprint density at radius 2 is 2.10 bits per heavy atom. The van der Waals surface area contributed by atoms with Gasteiger partial charge in [0.05, 0.1) is 0 Å². The van der Waals surface area contributed by atoms with Crippen molar-refractivity contribution in [1.82, 2.24) is 14.8 Å². The smallest absolute Gasteiger partial charge is 0.294 e. The van der Waals surface area contributed by atoms with Crippen LogP contribution in [0.15, 0.2) is 38.7 Å². The average Bonchev–Trinajstić information content (AvgIpc) is 2.76. The second-order valence-electron chi connectivity index (χ2n) is 4.25. The first-order chi connectivity index (χ1) is 9.58. The van der Waals surface area contributed by atoms with Gasteiger partial charge in [-0.1, -0.05) is 39.8 Å². The van der Waals surface area contributed by atoms with E-state index >= 15 is 0 Å². The molecule has 1 aromatic heterocycles. The van der Waals surface area contributed by atoms with Crippen LogP contribution >= 0.6 is 27.7 Å². The van der Waals surface area contributed by atoms with Crippen molar-refractivity contribution < 1.29 is 4.79 Å². The van der Waals surface area contributed by atoms with Crippen LogP contribution in [-0.2, 0) is 7.05 Å². The molecule has 0 spiro atoms. The van der Waals surface area contributed by atoms with Gasteiger partial charge in [0.1, 0.15) is 0 Å². The number of nitrogens with one attached hydrogen (secondary N) is 1. The number of aromatic amines is 1. The van der Waals surface area contributed by atoms with Gasteiger partial charge in [-0.2, -0.15) is 0 Å². The Hall–Kier alpha value is -1.34. The Balaban J connectivity index is 1.78. The molecule has 106 valence electrons. The lowest BCUT2D eigenvalue weighted by Crippen LogP contribution is -2.12. The molecule has 0 unspecified atom stereocenters. The van der Waals surface area contributed by atoms with Crippen LogP contribution in [0.2, 0.25) is 0 Å². The zero-order valence-corrected chi connectivity index (χ0v) is 13.3. The van der Waals surface area contributed by atoms with Crippen molar-refractivity contribution in [1.29, 1.82) is 0 Å². The number of carbonyl (C=O) groups is 1. The van der Waals surface area contributed by atoms with E-state index in [1.807, 2.05) is 24.3 Å². The number of thioether (sulfide) groups is 1. The minimum atomic E-state index is -0.224. The van der Waals surface area contributed by atoms with E-state index in [0.717, 1.165) is 22.2 Å². The Morgan fingerprint density at radius 1 is 1.40 bits per heavy atom. The fourth-order valence-corrected chi connectivity index (χ4v) is 2.76. The number of ketones is 1. The molecule has 0 atom stereocenters. The van der Waals surface area contributed by atoms with Gasteiger partial charge in [0, 0.05) is 29.3 Å². The van der Waals surface area contributed by atoms with E-state index in [1.165, 1.54) is 16.3 Å². The minimum Gasteiger partial charge on any atom is -0.294 e. The number of carbonyl (C=O) groups excluding carboxylic acids is 1. The van der Waals surface area contributed by atoms with Crippen LogP contribution in [0.5, 0.6) is 0 Å². The molecule has 0 radical (unpaired) electrons. The lowest BCUT2D eigenvalue weighted by atomic mass is 10.1. The van der Waals surface area contributed by atoms with Gasteiger partial charge in [-0.15, -0.1) is 5.10 Å². The number of aromatic nitrogens is 3. The van der Waals surface area contributed by atoms with Crippen molar-refractivity contribution in [3.05, 3.63) is 44.8 Å². The molecule has 7 heteroatoms. The van der Waals surface area contributed by atoms with Crippen LogP contribution in [0.4, 0.5) is 0 Å². The highest BCUT2D eigenvalue weighted by molar-refractivity contribution is 9.10. The Labute approximate surface area is 128 Å². The van der Waals surface area contributed by atoms with Crippen molar-refractivity contribution in [2.24, 2.45) is 7.05 Å². The Kier molecular flexibility index (Phi) is 5.19. The molecular formula is C13H14BrN3O2S. The number of H-pyrrole nitrogens is 1. The van der Waals surface area contributed by atoms with Crippen molar-refractivity contribution >= 4 is 33.5 Å². The van der Waals surface area contributed by atoms with E-state index in [-0.39, 0.29) is 11.5 Å². The number of nitrogens with zero attached hydrogens (tertiary/aromatic N) is 2. The molecule has 0 saturated carbocycles. The van der Waals surface area contributed by atoms with Crippen LogP contribution in [0.3, 0.4) is 0 Å². The van der Waals surface area contributed by atoms with E-state index in [4.69, 9.17) is 0 Å². The molecule has 1 aromatic carbocycles. The highest BCUT2D eigenvalue weighted by atomic mass is 79.9. The second-order valence-corrected chi connectivity index (χ2v) is 6.23. The maximum absolute atomic E-state index is 11.9. The van der Waals surface area contributed by atoms with Crippen molar-refractivity contribution in [3.8, 4) is 0 Å². The van der Waals surface area contributed by atoms with E-state index in [2.05, 4.69) is 26.1 Å². The van der Waals surface area contributed by atoms with Gasteiger partial charge in [-0.25, -0.2) is 9.89 Å². The van der Waals surface area contributed by atoms with Crippen LogP contribution in [-0.4, -0.2) is 26.3 Å². The second kappa shape index (κ2) is 6.90. The van der Waals surface area contributed by atoms with Crippen molar-refractivity contribution in [2.45, 2.75) is 18.0 Å². The molecule has 0 aliphatic heterocycles. The lowest BCUT2D eigenvalue weighted by molar-refractivity contribution is 0.0982. The number of Topliss-reactive ketones (excluding diaryl/α,β-unsaturated/α-hetero) is 1. The summed E-state index contributed by atoms with van der Waals surface area (Å²) in [5, 5.41) is 6.93. The average molecular weight is 356 g/mol. The van der Waals surface area contributed by atoms with Gasteiger partial charge in [-0.05, 0) is 18.6 Å². The summed E-state index contributed by atoms with van der Waals surface area (Å²) in [5.74, 6) is 0.884. The van der Waals surface area contributed by atoms with Gasteiger partial charge in [-0.3, -0.25) is 9.36 Å². The van der Waals surface area contributed by atoms with Gasteiger partial charge < -0.3 is 0 Å². The number of hydrogen-bond donors (Lipinski definition) is 1. The van der Waals surface area contributed by atoms with E-state index in [1.54, 1.807) is 7.05 Å². The minimum absolute atomic E-state index is 0.133. The quantitative estimate of drug-likeness (QED) is 0.491. The number of benzene rings is 1. The van der Waals surface area contributed by atoms with Gasteiger partial charge in [0.2, 0.25) is 0 Å².